The summed E-state index contributed by atoms with van der Waals surface area (Å²) in [6.07, 6.45) is 5.36. The molecule has 262 valence electrons. The van der Waals surface area contributed by atoms with Crippen molar-refractivity contribution >= 4 is 40.3 Å². The van der Waals surface area contributed by atoms with Crippen molar-refractivity contribution in [1.29, 1.82) is 0 Å². The molecule has 1 aliphatic rings. The van der Waals surface area contributed by atoms with Gasteiger partial charge in [0.2, 0.25) is 12.0 Å². The van der Waals surface area contributed by atoms with E-state index >= 15 is 0 Å². The Balaban J connectivity index is 1.09. The summed E-state index contributed by atoms with van der Waals surface area (Å²) in [5, 5.41) is 17.5. The summed E-state index contributed by atoms with van der Waals surface area (Å²) in [4.78, 5) is 43.3. The quantitative estimate of drug-likeness (QED) is 0.0917. The lowest BCUT2D eigenvalue weighted by molar-refractivity contribution is -0.148. The average Bonchev–Trinajstić information content (AvgIpc) is 3.95. The number of aromatic amines is 2. The normalized spacial score (nSPS) is 14.0. The zero-order valence-electron chi connectivity index (χ0n) is 29.1. The van der Waals surface area contributed by atoms with Crippen LogP contribution in [-0.2, 0) is 20.8 Å². The van der Waals surface area contributed by atoms with E-state index in [0.29, 0.717) is 12.3 Å². The van der Waals surface area contributed by atoms with Crippen LogP contribution in [0.5, 0.6) is 0 Å². The Bertz CT molecular complexity index is 2250. The molecule has 6 aromatic rings. The molecule has 0 saturated carbocycles. The molecule has 4 N–H and O–H groups in total. The van der Waals surface area contributed by atoms with Gasteiger partial charge in [-0.15, -0.1) is 0 Å². The van der Waals surface area contributed by atoms with Crippen LogP contribution in [0, 0.1) is 0 Å². The van der Waals surface area contributed by atoms with Crippen LogP contribution < -0.4 is 10.2 Å². The number of H-pyrrole nitrogens is 2. The molecule has 1 atom stereocenters. The zero-order valence-corrected chi connectivity index (χ0v) is 29.1. The fourth-order valence-electron chi connectivity index (χ4n) is 6.50. The molecule has 2 aromatic heterocycles. The van der Waals surface area contributed by atoms with Gasteiger partial charge in [0, 0.05) is 71.6 Å². The number of para-hydroxylation sites is 1. The van der Waals surface area contributed by atoms with Crippen LogP contribution in [0.1, 0.15) is 37.0 Å². The molecular weight excluding hydrogens is 652 g/mol. The third kappa shape index (κ3) is 7.36. The van der Waals surface area contributed by atoms with Crippen molar-refractivity contribution < 1.29 is 19.5 Å². The summed E-state index contributed by atoms with van der Waals surface area (Å²) in [5.41, 5.74) is 10.2. The second-order valence-electron chi connectivity index (χ2n) is 12.6. The standard InChI is InChI=1S/C42H40N6O4/c1-3-48(4-2)33-20-18-31(19-21-33)41-45-39(40(46-41)30-16-14-28(15-17-30)36-25-37(42(50)51)52-47-36)29-12-9-27(10-13-29)11-22-38(49)43-24-23-32-26-44-35-8-6-5-7-34(32)35/h5-22,26,37,44H,3-4,23-25H2,1-2H3,(H,43,49)(H,45,46)(H,50,51). The first-order valence-corrected chi connectivity index (χ1v) is 17.5. The number of anilines is 1. The van der Waals surface area contributed by atoms with Crippen molar-refractivity contribution in [2.45, 2.75) is 32.8 Å². The molecule has 3 heterocycles. The van der Waals surface area contributed by atoms with Crippen LogP contribution in [0.2, 0.25) is 0 Å². The number of carboxylic acid groups (broad SMARTS) is 1. The Morgan fingerprint density at radius 3 is 2.31 bits per heavy atom. The maximum Gasteiger partial charge on any atom is 0.348 e. The van der Waals surface area contributed by atoms with Gasteiger partial charge in [-0.2, -0.15) is 0 Å². The molecule has 0 spiro atoms. The minimum atomic E-state index is -1.03. The minimum Gasteiger partial charge on any atom is -0.478 e. The van der Waals surface area contributed by atoms with Gasteiger partial charge in [0.15, 0.2) is 0 Å². The number of imidazole rings is 1. The molecule has 7 rings (SSSR count). The van der Waals surface area contributed by atoms with Crippen molar-refractivity contribution in [3.05, 3.63) is 126 Å². The number of hydrogen-bond donors (Lipinski definition) is 4. The van der Waals surface area contributed by atoms with Crippen molar-refractivity contribution in [2.24, 2.45) is 5.16 Å². The lowest BCUT2D eigenvalue weighted by Gasteiger charge is -2.20. The number of aliphatic carboxylic acids is 1. The Morgan fingerprint density at radius 2 is 1.60 bits per heavy atom. The van der Waals surface area contributed by atoms with Gasteiger partial charge in [-0.3, -0.25) is 4.79 Å². The number of fused-ring (bicyclic) bond motifs is 1. The van der Waals surface area contributed by atoms with Gasteiger partial charge in [0.1, 0.15) is 5.82 Å². The highest BCUT2D eigenvalue weighted by Crippen LogP contribution is 2.34. The van der Waals surface area contributed by atoms with Gasteiger partial charge < -0.3 is 30.1 Å². The number of amides is 1. The van der Waals surface area contributed by atoms with E-state index in [2.05, 4.69) is 69.5 Å². The van der Waals surface area contributed by atoms with E-state index in [1.807, 2.05) is 79.0 Å². The van der Waals surface area contributed by atoms with E-state index in [9.17, 15) is 14.7 Å². The van der Waals surface area contributed by atoms with Crippen LogP contribution in [0.4, 0.5) is 5.69 Å². The first-order chi connectivity index (χ1) is 25.4. The Morgan fingerprint density at radius 1 is 0.904 bits per heavy atom. The van der Waals surface area contributed by atoms with E-state index < -0.39 is 12.1 Å². The maximum absolute atomic E-state index is 12.6. The van der Waals surface area contributed by atoms with Gasteiger partial charge in [-0.1, -0.05) is 71.9 Å². The van der Waals surface area contributed by atoms with Crippen LogP contribution in [0.25, 0.3) is 50.9 Å². The minimum absolute atomic E-state index is 0.145. The summed E-state index contributed by atoms with van der Waals surface area (Å²) in [6.45, 7) is 6.69. The summed E-state index contributed by atoms with van der Waals surface area (Å²) in [6, 6.07) is 32.3. The molecule has 10 nitrogen and oxygen atoms in total. The fourth-order valence-corrected chi connectivity index (χ4v) is 6.50. The molecule has 0 radical (unpaired) electrons. The van der Waals surface area contributed by atoms with E-state index in [4.69, 9.17) is 9.82 Å². The van der Waals surface area contributed by atoms with Crippen LogP contribution >= 0.6 is 0 Å². The lowest BCUT2D eigenvalue weighted by Crippen LogP contribution is -2.23. The summed E-state index contributed by atoms with van der Waals surface area (Å²) >= 11 is 0. The Kier molecular flexibility index (Phi) is 9.97. The zero-order chi connectivity index (χ0) is 36.0. The molecule has 10 heteroatoms. The van der Waals surface area contributed by atoms with Gasteiger partial charge in [-0.05, 0) is 73.4 Å². The predicted octanol–water partition coefficient (Wildman–Crippen LogP) is 7.69. The number of carboxylic acids is 1. The summed E-state index contributed by atoms with van der Waals surface area (Å²) in [7, 11) is 0. The third-order valence-electron chi connectivity index (χ3n) is 9.40. The highest BCUT2D eigenvalue weighted by Gasteiger charge is 2.28. The second-order valence-corrected chi connectivity index (χ2v) is 12.6. The Hall–Kier alpha value is -6.42. The van der Waals surface area contributed by atoms with Crippen LogP contribution in [-0.4, -0.2) is 63.4 Å². The molecule has 1 aliphatic heterocycles. The van der Waals surface area contributed by atoms with Gasteiger partial charge in [-0.25, -0.2) is 9.78 Å². The van der Waals surface area contributed by atoms with Crippen molar-refractivity contribution in [3.63, 3.8) is 0 Å². The van der Waals surface area contributed by atoms with Crippen molar-refractivity contribution in [3.8, 4) is 33.9 Å². The smallest absolute Gasteiger partial charge is 0.348 e. The van der Waals surface area contributed by atoms with Crippen LogP contribution in [0.3, 0.4) is 0 Å². The molecule has 0 aliphatic carbocycles. The van der Waals surface area contributed by atoms with Crippen molar-refractivity contribution in [2.75, 3.05) is 24.5 Å². The van der Waals surface area contributed by atoms with E-state index in [0.717, 1.165) is 75.7 Å². The van der Waals surface area contributed by atoms with Gasteiger partial charge >= 0.3 is 5.97 Å². The number of hydrogen-bond acceptors (Lipinski definition) is 6. The number of aromatic nitrogens is 3. The second kappa shape index (κ2) is 15.2. The number of carbonyl (C=O) groups excluding carboxylic acids is 1. The fraction of sp³-hybridized carbons (Fsp3) is 0.190. The van der Waals surface area contributed by atoms with Gasteiger partial charge in [0.25, 0.3) is 0 Å². The molecule has 0 saturated heterocycles. The van der Waals surface area contributed by atoms with E-state index in [1.165, 1.54) is 10.9 Å². The highest BCUT2D eigenvalue weighted by molar-refractivity contribution is 6.03. The number of nitrogens with zero attached hydrogens (tertiary/aromatic N) is 3. The molecule has 1 amide bonds. The third-order valence-corrected chi connectivity index (χ3v) is 9.40. The number of nitrogens with one attached hydrogen (secondary N) is 3. The van der Waals surface area contributed by atoms with Crippen LogP contribution in [0.15, 0.2) is 114 Å². The first kappa shape index (κ1) is 34.0. The molecule has 0 fully saturated rings. The number of oxime groups is 1. The molecule has 0 bridgehead atoms. The number of carbonyl (C=O) groups is 2. The van der Waals surface area contributed by atoms with E-state index in [-0.39, 0.29) is 12.3 Å². The van der Waals surface area contributed by atoms with Crippen molar-refractivity contribution in [1.82, 2.24) is 20.3 Å². The lowest BCUT2D eigenvalue weighted by atomic mass is 10.00. The monoisotopic (exact) mass is 692 g/mol. The molecular formula is C42H40N6O4. The van der Waals surface area contributed by atoms with Gasteiger partial charge in [0.05, 0.1) is 17.1 Å². The Labute approximate surface area is 301 Å². The number of benzene rings is 4. The predicted molar refractivity (Wildman–Crippen MR) is 206 cm³/mol. The topological polar surface area (TPSA) is 136 Å². The average molecular weight is 693 g/mol. The SMILES string of the molecule is CCN(CC)c1ccc(-c2nc(-c3ccc(C4=NOC(C(=O)O)C4)cc3)c(-c3ccc(C=CC(=O)NCCc4c[nH]c5ccccc45)cc3)[nH]2)cc1. The molecule has 52 heavy (non-hydrogen) atoms. The molecule has 4 aromatic carbocycles. The van der Waals surface area contributed by atoms with E-state index in [1.54, 1.807) is 6.08 Å². The summed E-state index contributed by atoms with van der Waals surface area (Å²) < 4.78 is 0. The summed E-state index contributed by atoms with van der Waals surface area (Å²) in [5.74, 6) is -0.434. The first-order valence-electron chi connectivity index (χ1n) is 17.5. The highest BCUT2D eigenvalue weighted by atomic mass is 16.7. The number of rotatable bonds is 13. The molecule has 1 unspecified atom stereocenters. The largest absolute Gasteiger partial charge is 0.478 e. The maximum atomic E-state index is 12.6.